The third-order valence-electron chi connectivity index (χ3n) is 2.21. The van der Waals surface area contributed by atoms with Gasteiger partial charge in [0.15, 0.2) is 0 Å². The summed E-state index contributed by atoms with van der Waals surface area (Å²) in [4.78, 5) is 5.47. The molecule has 2 heterocycles. The zero-order valence-corrected chi connectivity index (χ0v) is 9.71. The molecule has 15 heavy (non-hydrogen) atoms. The molecule has 80 valence electrons. The number of hydrazone groups is 1. The number of hydrogen-bond donors (Lipinski definition) is 1. The maximum atomic E-state index is 4.33. The Morgan fingerprint density at radius 3 is 3.13 bits per heavy atom. The first kappa shape index (κ1) is 10.2. The van der Waals surface area contributed by atoms with Crippen LogP contribution in [0, 0.1) is 6.92 Å². The number of guanidine groups is 1. The van der Waals surface area contributed by atoms with E-state index in [0.717, 1.165) is 19.0 Å². The Morgan fingerprint density at radius 2 is 2.53 bits per heavy atom. The monoisotopic (exact) mass is 222 g/mol. The van der Waals surface area contributed by atoms with Gasteiger partial charge in [-0.2, -0.15) is 5.10 Å². The molecule has 0 amide bonds. The molecule has 0 saturated carbocycles. The van der Waals surface area contributed by atoms with Crippen molar-refractivity contribution >= 4 is 23.5 Å². The van der Waals surface area contributed by atoms with Crippen molar-refractivity contribution in [2.75, 3.05) is 20.1 Å². The van der Waals surface area contributed by atoms with E-state index in [4.69, 9.17) is 0 Å². The molecule has 0 aliphatic carbocycles. The Balaban J connectivity index is 2.02. The molecule has 0 saturated heterocycles. The smallest absolute Gasteiger partial charge is 0.214 e. The number of nitrogens with one attached hydrogen (secondary N) is 1. The number of rotatable bonds is 2. The van der Waals surface area contributed by atoms with Gasteiger partial charge in [-0.1, -0.05) is 0 Å². The molecule has 0 aromatic carbocycles. The first-order chi connectivity index (χ1) is 7.27. The molecular weight excluding hydrogens is 208 g/mol. The van der Waals surface area contributed by atoms with E-state index in [-0.39, 0.29) is 0 Å². The lowest BCUT2D eigenvalue weighted by molar-refractivity contribution is 0.531. The molecule has 5 heteroatoms. The van der Waals surface area contributed by atoms with E-state index in [9.17, 15) is 0 Å². The second-order valence-corrected chi connectivity index (χ2v) is 4.32. The minimum absolute atomic E-state index is 0.840. The fraction of sp³-hybridized carbons (Fsp3) is 0.400. The fourth-order valence-corrected chi connectivity index (χ4v) is 2.09. The van der Waals surface area contributed by atoms with Gasteiger partial charge >= 0.3 is 0 Å². The van der Waals surface area contributed by atoms with Crippen LogP contribution in [0.25, 0.3) is 0 Å². The SMILES string of the molecule is Cc1ccsc1/C=N\N(C)C1=NCCN1. The van der Waals surface area contributed by atoms with Crippen molar-refractivity contribution in [1.29, 1.82) is 0 Å². The average Bonchev–Trinajstić information content (AvgIpc) is 2.85. The van der Waals surface area contributed by atoms with Gasteiger partial charge in [0.1, 0.15) is 0 Å². The third-order valence-corrected chi connectivity index (χ3v) is 3.17. The Hall–Kier alpha value is -1.36. The maximum absolute atomic E-state index is 4.33. The van der Waals surface area contributed by atoms with Gasteiger partial charge in [-0.15, -0.1) is 11.3 Å². The third kappa shape index (κ3) is 2.36. The lowest BCUT2D eigenvalue weighted by Crippen LogP contribution is -2.32. The van der Waals surface area contributed by atoms with E-state index in [0.29, 0.717) is 0 Å². The van der Waals surface area contributed by atoms with E-state index < -0.39 is 0 Å². The highest BCUT2D eigenvalue weighted by Crippen LogP contribution is 2.12. The van der Waals surface area contributed by atoms with Gasteiger partial charge < -0.3 is 5.32 Å². The molecule has 0 unspecified atom stereocenters. The zero-order chi connectivity index (χ0) is 10.7. The summed E-state index contributed by atoms with van der Waals surface area (Å²) < 4.78 is 0. The summed E-state index contributed by atoms with van der Waals surface area (Å²) in [5.41, 5.74) is 1.26. The van der Waals surface area contributed by atoms with Crippen LogP contribution in [0.5, 0.6) is 0 Å². The van der Waals surface area contributed by atoms with Crippen LogP contribution in [0.3, 0.4) is 0 Å². The van der Waals surface area contributed by atoms with Gasteiger partial charge in [-0.25, -0.2) is 10.0 Å². The zero-order valence-electron chi connectivity index (χ0n) is 8.90. The summed E-state index contributed by atoms with van der Waals surface area (Å²) in [6.07, 6.45) is 1.88. The van der Waals surface area contributed by atoms with Crippen LogP contribution in [-0.4, -0.2) is 37.3 Å². The largest absolute Gasteiger partial charge is 0.353 e. The molecular formula is C10H14N4S. The summed E-state index contributed by atoms with van der Waals surface area (Å²) >= 11 is 1.70. The Labute approximate surface area is 93.3 Å². The molecule has 1 aromatic rings. The summed E-state index contributed by atoms with van der Waals surface area (Å²) in [5.74, 6) is 0.848. The fourth-order valence-electron chi connectivity index (χ4n) is 1.31. The lowest BCUT2D eigenvalue weighted by Gasteiger charge is -2.11. The summed E-state index contributed by atoms with van der Waals surface area (Å²) in [5, 5.41) is 11.3. The standard InChI is InChI=1S/C10H14N4S/c1-8-3-6-15-9(8)7-13-14(2)10-11-4-5-12-10/h3,6-7H,4-5H2,1-2H3,(H,11,12)/b13-7-. The topological polar surface area (TPSA) is 40.0 Å². The first-order valence-corrected chi connectivity index (χ1v) is 5.75. The van der Waals surface area contributed by atoms with Crippen molar-refractivity contribution in [3.8, 4) is 0 Å². The predicted molar refractivity (Wildman–Crippen MR) is 64.7 cm³/mol. The second-order valence-electron chi connectivity index (χ2n) is 3.37. The molecule has 1 aliphatic heterocycles. The van der Waals surface area contributed by atoms with Crippen molar-refractivity contribution in [1.82, 2.24) is 10.3 Å². The molecule has 0 bridgehead atoms. The van der Waals surface area contributed by atoms with E-state index >= 15 is 0 Å². The minimum Gasteiger partial charge on any atom is -0.353 e. The Morgan fingerprint density at radius 1 is 1.67 bits per heavy atom. The number of nitrogens with zero attached hydrogens (tertiary/aromatic N) is 3. The Kier molecular flexibility index (Phi) is 3.01. The van der Waals surface area contributed by atoms with Crippen molar-refractivity contribution in [3.63, 3.8) is 0 Å². The van der Waals surface area contributed by atoms with E-state index in [1.807, 2.05) is 13.3 Å². The molecule has 0 radical (unpaired) electrons. The molecule has 2 rings (SSSR count). The molecule has 1 N–H and O–H groups in total. The van der Waals surface area contributed by atoms with Crippen LogP contribution in [0.2, 0.25) is 0 Å². The second kappa shape index (κ2) is 4.44. The highest BCUT2D eigenvalue weighted by molar-refractivity contribution is 7.11. The number of aliphatic imine (C=N–C) groups is 1. The van der Waals surface area contributed by atoms with Gasteiger partial charge in [0.2, 0.25) is 5.96 Å². The number of thiophene rings is 1. The van der Waals surface area contributed by atoms with Gasteiger partial charge in [-0.05, 0) is 23.9 Å². The van der Waals surface area contributed by atoms with E-state index in [2.05, 4.69) is 33.8 Å². The van der Waals surface area contributed by atoms with E-state index in [1.165, 1.54) is 10.4 Å². The van der Waals surface area contributed by atoms with Crippen LogP contribution in [0.15, 0.2) is 21.5 Å². The van der Waals surface area contributed by atoms with Crippen LogP contribution in [-0.2, 0) is 0 Å². The Bertz CT molecular complexity index is 394. The van der Waals surface area contributed by atoms with Crippen LogP contribution >= 0.6 is 11.3 Å². The molecule has 0 atom stereocenters. The molecule has 4 nitrogen and oxygen atoms in total. The van der Waals surface area contributed by atoms with Crippen LogP contribution in [0.4, 0.5) is 0 Å². The highest BCUT2D eigenvalue weighted by Gasteiger charge is 2.08. The number of aryl methyl sites for hydroxylation is 1. The summed E-state index contributed by atoms with van der Waals surface area (Å²) in [6.45, 7) is 3.84. The van der Waals surface area contributed by atoms with Crippen LogP contribution < -0.4 is 5.32 Å². The predicted octanol–water partition coefficient (Wildman–Crippen LogP) is 1.28. The minimum atomic E-state index is 0.840. The van der Waals surface area contributed by atoms with Crippen LogP contribution in [0.1, 0.15) is 10.4 Å². The van der Waals surface area contributed by atoms with Gasteiger partial charge in [-0.3, -0.25) is 0 Å². The lowest BCUT2D eigenvalue weighted by atomic mass is 10.3. The molecule has 1 aliphatic rings. The number of hydrogen-bond acceptors (Lipinski definition) is 5. The van der Waals surface area contributed by atoms with Crippen molar-refractivity contribution in [2.24, 2.45) is 10.1 Å². The molecule has 1 aromatic heterocycles. The van der Waals surface area contributed by atoms with E-state index in [1.54, 1.807) is 16.3 Å². The van der Waals surface area contributed by atoms with Crippen molar-refractivity contribution < 1.29 is 0 Å². The van der Waals surface area contributed by atoms with Gasteiger partial charge in [0.05, 0.1) is 12.8 Å². The highest BCUT2D eigenvalue weighted by atomic mass is 32.1. The first-order valence-electron chi connectivity index (χ1n) is 4.87. The normalized spacial score (nSPS) is 15.5. The summed E-state index contributed by atoms with van der Waals surface area (Å²) in [7, 11) is 1.90. The maximum Gasteiger partial charge on any atom is 0.214 e. The van der Waals surface area contributed by atoms with Crippen molar-refractivity contribution in [2.45, 2.75) is 6.92 Å². The van der Waals surface area contributed by atoms with Crippen molar-refractivity contribution in [3.05, 3.63) is 21.9 Å². The molecule has 0 fully saturated rings. The molecule has 0 spiro atoms. The average molecular weight is 222 g/mol. The quantitative estimate of drug-likeness (QED) is 0.605. The van der Waals surface area contributed by atoms with Gasteiger partial charge in [0.25, 0.3) is 0 Å². The summed E-state index contributed by atoms with van der Waals surface area (Å²) in [6, 6.07) is 2.09. The van der Waals surface area contributed by atoms with Gasteiger partial charge in [0, 0.05) is 18.5 Å².